The van der Waals surface area contributed by atoms with E-state index in [1.807, 2.05) is 0 Å². The number of aromatic carboxylic acids is 1. The molecule has 1 aromatic carbocycles. The topological polar surface area (TPSA) is 170 Å². The van der Waals surface area contributed by atoms with Crippen molar-refractivity contribution in [3.63, 3.8) is 0 Å². The average Bonchev–Trinajstić information content (AvgIpc) is 2.03. The summed E-state index contributed by atoms with van der Waals surface area (Å²) in [7, 11) is -4.75. The summed E-state index contributed by atoms with van der Waals surface area (Å²) in [5.74, 6) is -1.69. The van der Waals surface area contributed by atoms with E-state index in [-0.39, 0.29) is 12.3 Å². The van der Waals surface area contributed by atoms with Gasteiger partial charge in [0.05, 0.1) is 10.9 Å². The van der Waals surface area contributed by atoms with Crippen molar-refractivity contribution in [1.82, 2.24) is 12.3 Å². The fourth-order valence-electron chi connectivity index (χ4n) is 0.853. The normalized spacial score (nSPS) is 9.67. The van der Waals surface area contributed by atoms with E-state index in [1.54, 1.807) is 0 Å². The molecular weight excluding hydrogens is 224 g/mol. The predicted molar refractivity (Wildman–Crippen MR) is 50.7 cm³/mol. The van der Waals surface area contributed by atoms with Gasteiger partial charge in [-0.25, -0.2) is 8.42 Å². The van der Waals surface area contributed by atoms with Crippen LogP contribution < -0.4 is 17.4 Å². The Balaban J connectivity index is 0. The smallest absolute Gasteiger partial charge is 0.125 e. The highest BCUT2D eigenvalue weighted by molar-refractivity contribution is 7.85. The summed E-state index contributed by atoms with van der Waals surface area (Å²) in [5.41, 5.74) is -0.613. The first-order chi connectivity index (χ1) is 5.93. The van der Waals surface area contributed by atoms with Crippen molar-refractivity contribution in [2.45, 2.75) is 4.90 Å². The Hall–Kier alpha value is -1.48. The van der Waals surface area contributed by atoms with Crippen molar-refractivity contribution in [1.29, 1.82) is 0 Å². The van der Waals surface area contributed by atoms with Crippen LogP contribution in [0.5, 0.6) is 0 Å². The number of quaternary nitrogens is 2. The predicted octanol–water partition coefficient (Wildman–Crippen LogP) is -0.293. The number of carboxylic acid groups (broad SMARTS) is 1. The van der Waals surface area contributed by atoms with Gasteiger partial charge >= 0.3 is 0 Å². The van der Waals surface area contributed by atoms with Gasteiger partial charge in [0.15, 0.2) is 0 Å². The van der Waals surface area contributed by atoms with Gasteiger partial charge in [0, 0.05) is 5.56 Å². The van der Waals surface area contributed by atoms with Gasteiger partial charge in [-0.1, -0.05) is 18.2 Å². The van der Waals surface area contributed by atoms with E-state index in [0.717, 1.165) is 12.1 Å². The maximum absolute atomic E-state index is 10.5. The van der Waals surface area contributed by atoms with Crippen LogP contribution in [-0.2, 0) is 10.1 Å². The third kappa shape index (κ3) is 3.64. The van der Waals surface area contributed by atoms with Crippen molar-refractivity contribution < 1.29 is 22.9 Å². The van der Waals surface area contributed by atoms with Crippen LogP contribution in [0.2, 0.25) is 0 Å². The molecule has 0 unspecified atom stereocenters. The quantitative estimate of drug-likeness (QED) is 0.670. The minimum atomic E-state index is -4.75. The van der Waals surface area contributed by atoms with E-state index < -0.39 is 26.5 Å². The second-order valence-electron chi connectivity index (χ2n) is 2.24. The molecule has 0 fully saturated rings. The average molecular weight is 236 g/mol. The van der Waals surface area contributed by atoms with Gasteiger partial charge < -0.3 is 26.8 Å². The van der Waals surface area contributed by atoms with Crippen LogP contribution in [0, 0.1) is 0 Å². The number of benzene rings is 1. The summed E-state index contributed by atoms with van der Waals surface area (Å²) in [6.07, 6.45) is 0. The first kappa shape index (κ1) is 16.0. The van der Waals surface area contributed by atoms with Gasteiger partial charge in [-0.3, -0.25) is 0 Å². The van der Waals surface area contributed by atoms with Gasteiger partial charge in [-0.05, 0) is 6.07 Å². The highest BCUT2D eigenvalue weighted by atomic mass is 32.2. The summed E-state index contributed by atoms with van der Waals surface area (Å²) in [6.45, 7) is 0. The molecule has 0 spiro atoms. The molecule has 86 valence electrons. The van der Waals surface area contributed by atoms with Crippen molar-refractivity contribution in [3.8, 4) is 0 Å². The molecule has 0 heterocycles. The molecule has 0 aromatic heterocycles. The lowest BCUT2D eigenvalue weighted by Crippen LogP contribution is -2.24. The van der Waals surface area contributed by atoms with Crippen molar-refractivity contribution in [2.75, 3.05) is 0 Å². The standard InChI is InChI=1S/C7H6O5S.2H3N/c8-7(9)5-3-1-2-4-6(5)13(10,11)12;;/h1-4H,(H,8,9)(H,10,11,12);2*1H3. The fourth-order valence-corrected chi connectivity index (χ4v) is 1.52. The number of rotatable bonds is 2. The van der Waals surface area contributed by atoms with E-state index in [9.17, 15) is 22.9 Å². The maximum atomic E-state index is 10.5. The Morgan fingerprint density at radius 2 is 1.60 bits per heavy atom. The molecule has 1 rings (SSSR count). The fraction of sp³-hybridized carbons (Fsp3) is 0. The third-order valence-corrected chi connectivity index (χ3v) is 2.27. The SMILES string of the molecule is O=C([O-])c1ccccc1S(=O)(=O)[O-].[NH4+].[NH4+]. The number of carbonyl (C=O) groups is 1. The Kier molecular flexibility index (Phi) is 5.76. The van der Waals surface area contributed by atoms with Crippen molar-refractivity contribution >= 4 is 16.1 Å². The molecule has 0 saturated carbocycles. The zero-order chi connectivity index (χ0) is 10.1. The summed E-state index contributed by atoms with van der Waals surface area (Å²) < 4.78 is 31.5. The molecule has 8 heteroatoms. The summed E-state index contributed by atoms with van der Waals surface area (Å²) in [5, 5.41) is 10.4. The highest BCUT2D eigenvalue weighted by Crippen LogP contribution is 2.13. The molecule has 0 amide bonds. The minimum absolute atomic E-state index is 0. The second-order valence-corrected chi connectivity index (χ2v) is 3.59. The third-order valence-electron chi connectivity index (χ3n) is 1.38. The first-order valence-electron chi connectivity index (χ1n) is 3.19. The summed E-state index contributed by atoms with van der Waals surface area (Å²) in [6, 6.07) is 4.49. The number of carboxylic acids is 1. The lowest BCUT2D eigenvalue weighted by Gasteiger charge is -2.12. The molecule has 0 aliphatic rings. The van der Waals surface area contributed by atoms with Gasteiger partial charge in [-0.2, -0.15) is 0 Å². The molecular formula is C7H12N2O5S. The van der Waals surface area contributed by atoms with Crippen molar-refractivity contribution in [2.24, 2.45) is 0 Å². The van der Waals surface area contributed by atoms with E-state index >= 15 is 0 Å². The number of hydrogen-bond donors (Lipinski definition) is 2. The molecule has 0 bridgehead atoms. The van der Waals surface area contributed by atoms with Gasteiger partial charge in [0.2, 0.25) is 0 Å². The Labute approximate surface area is 86.7 Å². The van der Waals surface area contributed by atoms with Crippen LogP contribution in [0.3, 0.4) is 0 Å². The van der Waals surface area contributed by atoms with Gasteiger partial charge in [-0.15, -0.1) is 0 Å². The lowest BCUT2D eigenvalue weighted by atomic mass is 10.2. The molecule has 8 N–H and O–H groups in total. The second kappa shape index (κ2) is 5.41. The largest absolute Gasteiger partial charge is 0.744 e. The Morgan fingerprint density at radius 1 is 1.13 bits per heavy atom. The Morgan fingerprint density at radius 3 is 1.93 bits per heavy atom. The highest BCUT2D eigenvalue weighted by Gasteiger charge is 2.07. The van der Waals surface area contributed by atoms with Crippen LogP contribution in [0.1, 0.15) is 10.4 Å². The molecule has 0 aliphatic heterocycles. The molecule has 7 nitrogen and oxygen atoms in total. The zero-order valence-corrected chi connectivity index (χ0v) is 9.08. The van der Waals surface area contributed by atoms with Crippen LogP contribution in [-0.4, -0.2) is 18.9 Å². The monoisotopic (exact) mass is 236 g/mol. The van der Waals surface area contributed by atoms with E-state index in [4.69, 9.17) is 0 Å². The van der Waals surface area contributed by atoms with Crippen LogP contribution >= 0.6 is 0 Å². The molecule has 1 aromatic rings. The number of hydrogen-bond acceptors (Lipinski definition) is 5. The van der Waals surface area contributed by atoms with E-state index in [0.29, 0.717) is 0 Å². The van der Waals surface area contributed by atoms with E-state index in [2.05, 4.69) is 0 Å². The molecule has 0 atom stereocenters. The molecule has 15 heavy (non-hydrogen) atoms. The van der Waals surface area contributed by atoms with Crippen molar-refractivity contribution in [3.05, 3.63) is 29.8 Å². The molecule has 0 aliphatic carbocycles. The van der Waals surface area contributed by atoms with E-state index in [1.165, 1.54) is 12.1 Å². The first-order valence-corrected chi connectivity index (χ1v) is 4.60. The zero-order valence-electron chi connectivity index (χ0n) is 8.26. The maximum Gasteiger partial charge on any atom is 0.125 e. The molecule has 0 radical (unpaired) electrons. The summed E-state index contributed by atoms with van der Waals surface area (Å²) in [4.78, 5) is 9.59. The number of carbonyl (C=O) groups excluding carboxylic acids is 1. The Bertz CT molecular complexity index is 442. The van der Waals surface area contributed by atoms with Crippen LogP contribution in [0.25, 0.3) is 0 Å². The lowest BCUT2D eigenvalue weighted by molar-refractivity contribution is -0.255. The van der Waals surface area contributed by atoms with Gasteiger partial charge in [0.1, 0.15) is 10.1 Å². The molecule has 0 saturated heterocycles. The van der Waals surface area contributed by atoms with Crippen LogP contribution in [0.4, 0.5) is 0 Å². The minimum Gasteiger partial charge on any atom is -0.744 e. The summed E-state index contributed by atoms with van der Waals surface area (Å²) >= 11 is 0. The van der Waals surface area contributed by atoms with Crippen LogP contribution in [0.15, 0.2) is 29.2 Å². The van der Waals surface area contributed by atoms with Gasteiger partial charge in [0.25, 0.3) is 0 Å².